The molecule has 120 valence electrons. The van der Waals surface area contributed by atoms with Gasteiger partial charge < -0.3 is 10.6 Å². The quantitative estimate of drug-likeness (QED) is 0.787. The van der Waals surface area contributed by atoms with Crippen LogP contribution in [0.15, 0.2) is 48.5 Å². The minimum atomic E-state index is -0.592. The zero-order chi connectivity index (χ0) is 16.7. The molecular weight excluding hydrogens is 321 g/mol. The van der Waals surface area contributed by atoms with Crippen molar-refractivity contribution in [3.63, 3.8) is 0 Å². The van der Waals surface area contributed by atoms with Crippen molar-refractivity contribution in [1.29, 1.82) is 0 Å². The third-order valence-electron chi connectivity index (χ3n) is 2.92. The number of hydrogen-bond donors (Lipinski definition) is 3. The van der Waals surface area contributed by atoms with E-state index in [-0.39, 0.29) is 11.6 Å². The van der Waals surface area contributed by atoms with Crippen LogP contribution in [-0.4, -0.2) is 18.5 Å². The summed E-state index contributed by atoms with van der Waals surface area (Å²) in [5, 5.41) is 7.64. The van der Waals surface area contributed by atoms with Gasteiger partial charge >= 0.3 is 6.03 Å². The molecule has 2 rings (SSSR count). The Bertz CT molecular complexity index is 695. The lowest BCUT2D eigenvalue weighted by Crippen LogP contribution is -2.41. The molecule has 5 nitrogen and oxygen atoms in total. The second-order valence-corrected chi connectivity index (χ2v) is 5.10. The van der Waals surface area contributed by atoms with Crippen LogP contribution in [0.5, 0.6) is 0 Å². The van der Waals surface area contributed by atoms with Crippen molar-refractivity contribution in [2.45, 2.75) is 6.54 Å². The lowest BCUT2D eigenvalue weighted by atomic mass is 10.2. The van der Waals surface area contributed by atoms with Gasteiger partial charge in [-0.1, -0.05) is 41.9 Å². The predicted octanol–water partition coefficient (Wildman–Crippen LogP) is 2.92. The average molecular weight is 336 g/mol. The number of rotatable bonds is 5. The molecule has 3 amide bonds. The van der Waals surface area contributed by atoms with Gasteiger partial charge in [0.05, 0.1) is 17.3 Å². The Labute approximate surface area is 137 Å². The zero-order valence-electron chi connectivity index (χ0n) is 12.1. The van der Waals surface area contributed by atoms with Gasteiger partial charge in [0, 0.05) is 6.54 Å². The second-order valence-electron chi connectivity index (χ2n) is 4.69. The van der Waals surface area contributed by atoms with Crippen LogP contribution in [0.4, 0.5) is 14.9 Å². The molecule has 0 aliphatic rings. The lowest BCUT2D eigenvalue weighted by Gasteiger charge is -2.09. The van der Waals surface area contributed by atoms with Crippen LogP contribution in [-0.2, 0) is 11.3 Å². The summed E-state index contributed by atoms with van der Waals surface area (Å²) in [6.45, 7) is 0.154. The van der Waals surface area contributed by atoms with Crippen molar-refractivity contribution in [1.82, 2.24) is 10.6 Å². The Morgan fingerprint density at radius 3 is 2.52 bits per heavy atom. The maximum Gasteiger partial charge on any atom is 0.321 e. The summed E-state index contributed by atoms with van der Waals surface area (Å²) in [7, 11) is 0. The van der Waals surface area contributed by atoms with Gasteiger partial charge in [-0.15, -0.1) is 0 Å². The SMILES string of the molecule is O=C(CNc1ccc(F)cc1Cl)NC(=O)NCc1ccccc1. The van der Waals surface area contributed by atoms with Crippen molar-refractivity contribution >= 4 is 29.2 Å². The fourth-order valence-electron chi connectivity index (χ4n) is 1.80. The van der Waals surface area contributed by atoms with E-state index in [1.807, 2.05) is 30.3 Å². The molecule has 7 heteroatoms. The van der Waals surface area contributed by atoms with Crippen LogP contribution in [0.1, 0.15) is 5.56 Å². The Morgan fingerprint density at radius 2 is 1.83 bits per heavy atom. The first-order valence-corrected chi connectivity index (χ1v) is 7.23. The van der Waals surface area contributed by atoms with Crippen LogP contribution in [0.3, 0.4) is 0 Å². The molecule has 0 bridgehead atoms. The molecule has 0 aliphatic heterocycles. The van der Waals surface area contributed by atoms with Crippen LogP contribution >= 0.6 is 11.6 Å². The van der Waals surface area contributed by atoms with Crippen LogP contribution in [0, 0.1) is 5.82 Å². The van der Waals surface area contributed by atoms with Crippen molar-refractivity contribution in [2.75, 3.05) is 11.9 Å². The molecule has 0 saturated heterocycles. The van der Waals surface area contributed by atoms with E-state index >= 15 is 0 Å². The Morgan fingerprint density at radius 1 is 1.09 bits per heavy atom. The topological polar surface area (TPSA) is 70.2 Å². The van der Waals surface area contributed by atoms with Crippen LogP contribution < -0.4 is 16.0 Å². The Balaban J connectivity index is 1.74. The number of nitrogens with one attached hydrogen (secondary N) is 3. The Hall–Kier alpha value is -2.60. The number of carbonyl (C=O) groups is 2. The van der Waals surface area contributed by atoms with E-state index in [2.05, 4.69) is 16.0 Å². The third-order valence-corrected chi connectivity index (χ3v) is 3.23. The van der Waals surface area contributed by atoms with E-state index < -0.39 is 17.8 Å². The molecule has 0 fully saturated rings. The molecule has 2 aromatic rings. The van der Waals surface area contributed by atoms with E-state index in [0.29, 0.717) is 12.2 Å². The lowest BCUT2D eigenvalue weighted by molar-refractivity contribution is -0.118. The standard InChI is InChI=1S/C16H15ClFN3O2/c17-13-8-12(18)6-7-14(13)19-10-15(22)21-16(23)20-9-11-4-2-1-3-5-11/h1-8,19H,9-10H2,(H2,20,21,22,23). The van der Waals surface area contributed by atoms with E-state index in [4.69, 9.17) is 11.6 Å². The highest BCUT2D eigenvalue weighted by molar-refractivity contribution is 6.33. The number of amides is 3. The number of imide groups is 1. The first-order chi connectivity index (χ1) is 11.0. The van der Waals surface area contributed by atoms with E-state index in [1.54, 1.807) is 0 Å². The largest absolute Gasteiger partial charge is 0.375 e. The molecule has 0 spiro atoms. The maximum atomic E-state index is 12.9. The van der Waals surface area contributed by atoms with E-state index in [9.17, 15) is 14.0 Å². The van der Waals surface area contributed by atoms with Gasteiger partial charge in [-0.05, 0) is 23.8 Å². The summed E-state index contributed by atoms with van der Waals surface area (Å²) in [4.78, 5) is 23.3. The maximum absolute atomic E-state index is 12.9. The number of hydrogen-bond acceptors (Lipinski definition) is 3. The number of carbonyl (C=O) groups excluding carboxylic acids is 2. The van der Waals surface area contributed by atoms with Gasteiger partial charge in [-0.2, -0.15) is 0 Å². The summed E-state index contributed by atoms with van der Waals surface area (Å²) in [5.41, 5.74) is 1.33. The van der Waals surface area contributed by atoms with Crippen molar-refractivity contribution < 1.29 is 14.0 Å². The zero-order valence-corrected chi connectivity index (χ0v) is 12.9. The van der Waals surface area contributed by atoms with Gasteiger partial charge in [-0.3, -0.25) is 10.1 Å². The summed E-state index contributed by atoms with van der Waals surface area (Å²) in [6.07, 6.45) is 0. The third kappa shape index (κ3) is 5.60. The predicted molar refractivity (Wildman–Crippen MR) is 86.7 cm³/mol. The molecular formula is C16H15ClFN3O2. The van der Waals surface area contributed by atoms with Gasteiger partial charge in [0.25, 0.3) is 0 Å². The Kier molecular flexibility index (Phi) is 5.94. The highest BCUT2D eigenvalue weighted by Gasteiger charge is 2.08. The highest BCUT2D eigenvalue weighted by atomic mass is 35.5. The molecule has 2 aromatic carbocycles. The minimum Gasteiger partial charge on any atom is -0.375 e. The molecule has 0 unspecified atom stereocenters. The molecule has 0 saturated carbocycles. The summed E-state index contributed by atoms with van der Waals surface area (Å²) >= 11 is 5.82. The van der Waals surface area contributed by atoms with Crippen molar-refractivity contribution in [2.24, 2.45) is 0 Å². The number of anilines is 1. The van der Waals surface area contributed by atoms with Crippen molar-refractivity contribution in [3.8, 4) is 0 Å². The summed E-state index contributed by atoms with van der Waals surface area (Å²) < 4.78 is 12.9. The van der Waals surface area contributed by atoms with Crippen molar-refractivity contribution in [3.05, 3.63) is 64.9 Å². The molecule has 0 aliphatic carbocycles. The molecule has 0 heterocycles. The normalized spacial score (nSPS) is 10.0. The molecule has 23 heavy (non-hydrogen) atoms. The highest BCUT2D eigenvalue weighted by Crippen LogP contribution is 2.21. The van der Waals surface area contributed by atoms with Crippen LogP contribution in [0.25, 0.3) is 0 Å². The van der Waals surface area contributed by atoms with Gasteiger partial charge in [0.15, 0.2) is 0 Å². The van der Waals surface area contributed by atoms with Gasteiger partial charge in [0.1, 0.15) is 5.82 Å². The average Bonchev–Trinajstić information content (AvgIpc) is 2.53. The van der Waals surface area contributed by atoms with Gasteiger partial charge in [-0.25, -0.2) is 9.18 Å². The van der Waals surface area contributed by atoms with Gasteiger partial charge in [0.2, 0.25) is 5.91 Å². The number of urea groups is 1. The summed E-state index contributed by atoms with van der Waals surface area (Å²) in [6, 6.07) is 12.5. The monoisotopic (exact) mass is 335 g/mol. The first kappa shape index (κ1) is 16.8. The van der Waals surface area contributed by atoms with Crippen LogP contribution in [0.2, 0.25) is 5.02 Å². The number of benzene rings is 2. The molecule has 0 radical (unpaired) electrons. The fraction of sp³-hybridized carbons (Fsp3) is 0.125. The van der Waals surface area contributed by atoms with E-state index in [1.165, 1.54) is 12.1 Å². The fourth-order valence-corrected chi connectivity index (χ4v) is 2.04. The first-order valence-electron chi connectivity index (χ1n) is 6.85. The molecule has 0 aromatic heterocycles. The second kappa shape index (κ2) is 8.14. The molecule has 3 N–H and O–H groups in total. The summed E-state index contributed by atoms with van der Waals surface area (Å²) in [5.74, 6) is -0.999. The smallest absolute Gasteiger partial charge is 0.321 e. The number of halogens is 2. The van der Waals surface area contributed by atoms with E-state index in [0.717, 1.165) is 11.6 Å². The minimum absolute atomic E-state index is 0.159. The molecule has 0 atom stereocenters.